The molecule has 0 amide bonds. The zero-order valence-electron chi connectivity index (χ0n) is 31.9. The van der Waals surface area contributed by atoms with Gasteiger partial charge in [0.15, 0.2) is 18.7 Å². The number of aliphatic hydroxyl groups excluding tert-OH is 3. The molecule has 0 aromatic carbocycles. The first kappa shape index (κ1) is 44.1. The highest BCUT2D eigenvalue weighted by atomic mass is 16.7. The lowest BCUT2D eigenvalue weighted by Crippen LogP contribution is -2.66. The summed E-state index contributed by atoms with van der Waals surface area (Å²) < 4.78 is 41.8. The largest absolute Gasteiger partial charge is 0.462 e. The summed E-state index contributed by atoms with van der Waals surface area (Å²) in [6.07, 6.45) is -4.09. The van der Waals surface area contributed by atoms with Gasteiger partial charge in [-0.25, -0.2) is 0 Å². The van der Waals surface area contributed by atoms with Crippen LogP contribution in [0.5, 0.6) is 0 Å². The van der Waals surface area contributed by atoms with Gasteiger partial charge in [0.25, 0.3) is 0 Å². The Kier molecular flexibility index (Phi) is 16.8. The lowest BCUT2D eigenvalue weighted by atomic mass is 9.82. The second-order valence-corrected chi connectivity index (χ2v) is 14.9. The van der Waals surface area contributed by atoms with E-state index in [-0.39, 0.29) is 25.2 Å². The van der Waals surface area contributed by atoms with Crippen LogP contribution in [0.2, 0.25) is 0 Å². The van der Waals surface area contributed by atoms with Crippen molar-refractivity contribution in [1.82, 2.24) is 4.90 Å². The molecule has 0 aliphatic carbocycles. The van der Waals surface area contributed by atoms with Gasteiger partial charge >= 0.3 is 11.9 Å². The number of methoxy groups -OCH3 is 1. The number of hydrogen-bond donors (Lipinski definition) is 4. The van der Waals surface area contributed by atoms with Crippen molar-refractivity contribution in [3.63, 3.8) is 0 Å². The molecule has 0 saturated carbocycles. The van der Waals surface area contributed by atoms with E-state index in [2.05, 4.69) is 0 Å². The van der Waals surface area contributed by atoms with Crippen molar-refractivity contribution in [3.8, 4) is 0 Å². The maximum atomic E-state index is 12.9. The van der Waals surface area contributed by atoms with E-state index in [9.17, 15) is 34.8 Å². The molecule has 15 nitrogen and oxygen atoms in total. The first-order chi connectivity index (χ1) is 24.4. The van der Waals surface area contributed by atoms with E-state index in [1.807, 2.05) is 13.0 Å². The van der Waals surface area contributed by atoms with Gasteiger partial charge in [0.1, 0.15) is 36.3 Å². The number of aldehydes is 1. The summed E-state index contributed by atoms with van der Waals surface area (Å²) in [5, 5.41) is 45.4. The molecule has 0 spiro atoms. The van der Waals surface area contributed by atoms with Crippen LogP contribution in [0.15, 0.2) is 24.3 Å². The summed E-state index contributed by atoms with van der Waals surface area (Å²) in [6.45, 7) is 9.74. The van der Waals surface area contributed by atoms with Gasteiger partial charge in [-0.1, -0.05) is 31.2 Å². The summed E-state index contributed by atoms with van der Waals surface area (Å²) in [4.78, 5) is 38.4. The van der Waals surface area contributed by atoms with E-state index in [1.165, 1.54) is 21.0 Å². The average molecular weight is 744 g/mol. The molecule has 0 bridgehead atoms. The van der Waals surface area contributed by atoms with Crippen LogP contribution in [0.1, 0.15) is 73.6 Å². The normalized spacial score (nSPS) is 44.0. The number of aliphatic hydroxyl groups is 4. The van der Waals surface area contributed by atoms with Crippen LogP contribution in [0.3, 0.4) is 0 Å². The highest BCUT2D eigenvalue weighted by Crippen LogP contribution is 2.37. The van der Waals surface area contributed by atoms with Crippen molar-refractivity contribution < 1.29 is 68.0 Å². The molecule has 3 heterocycles. The fourth-order valence-corrected chi connectivity index (χ4v) is 7.43. The van der Waals surface area contributed by atoms with Crippen LogP contribution in [0.4, 0.5) is 0 Å². The van der Waals surface area contributed by atoms with Gasteiger partial charge in [0.05, 0.1) is 43.0 Å². The molecule has 3 aliphatic rings. The molecule has 2 fully saturated rings. The molecule has 3 aliphatic heterocycles. The van der Waals surface area contributed by atoms with Crippen LogP contribution >= 0.6 is 0 Å². The van der Waals surface area contributed by atoms with Gasteiger partial charge in [-0.15, -0.1) is 0 Å². The zero-order valence-corrected chi connectivity index (χ0v) is 31.9. The Hall–Kier alpha value is -2.31. The number of carbonyl (C=O) groups is 3. The van der Waals surface area contributed by atoms with Crippen LogP contribution in [0, 0.1) is 11.8 Å². The summed E-state index contributed by atoms with van der Waals surface area (Å²) >= 11 is 0. The fourth-order valence-electron chi connectivity index (χ4n) is 7.43. The number of ether oxygens (including phenoxy) is 7. The smallest absolute Gasteiger partial charge is 0.308 e. The van der Waals surface area contributed by atoms with Gasteiger partial charge in [0.2, 0.25) is 0 Å². The first-order valence-corrected chi connectivity index (χ1v) is 18.1. The number of nitrogens with zero attached hydrogens (tertiary/aromatic N) is 1. The van der Waals surface area contributed by atoms with E-state index in [0.717, 1.165) is 0 Å². The number of hydrogen-bond acceptors (Lipinski definition) is 15. The van der Waals surface area contributed by atoms with Crippen molar-refractivity contribution >= 4 is 18.2 Å². The minimum atomic E-state index is -1.47. The predicted octanol–water partition coefficient (Wildman–Crippen LogP) is 1.42. The van der Waals surface area contributed by atoms with Crippen molar-refractivity contribution in [2.24, 2.45) is 11.8 Å². The molecule has 0 radical (unpaired) electrons. The van der Waals surface area contributed by atoms with Crippen molar-refractivity contribution in [1.29, 1.82) is 0 Å². The molecule has 0 aromatic heterocycles. The molecule has 298 valence electrons. The summed E-state index contributed by atoms with van der Waals surface area (Å²) in [5.41, 5.74) is -1.47. The number of rotatable bonds is 9. The predicted molar refractivity (Wildman–Crippen MR) is 187 cm³/mol. The van der Waals surface area contributed by atoms with E-state index in [1.54, 1.807) is 58.0 Å². The molecule has 3 rings (SSSR count). The third kappa shape index (κ3) is 11.8. The fraction of sp³-hybridized carbons (Fsp3) is 0.811. The first-order valence-electron chi connectivity index (χ1n) is 18.1. The van der Waals surface area contributed by atoms with Gasteiger partial charge < -0.3 is 63.3 Å². The Morgan fingerprint density at radius 3 is 2.33 bits per heavy atom. The number of allylic oxidation sites excluding steroid dienone is 2. The topological polar surface area (TPSA) is 200 Å². The Morgan fingerprint density at radius 1 is 1.04 bits per heavy atom. The third-order valence-electron chi connectivity index (χ3n) is 10.1. The minimum Gasteiger partial charge on any atom is -0.462 e. The molecule has 16 atom stereocenters. The van der Waals surface area contributed by atoms with Crippen molar-refractivity contribution in [2.45, 2.75) is 159 Å². The van der Waals surface area contributed by atoms with Gasteiger partial charge in [-0.05, 0) is 60.0 Å². The quantitative estimate of drug-likeness (QED) is 0.195. The highest BCUT2D eigenvalue weighted by Gasteiger charge is 2.52. The molecule has 4 N–H and O–H groups in total. The molecular formula is C37H61NO14. The lowest BCUT2D eigenvalue weighted by molar-refractivity contribution is -0.344. The SMILES string of the molecule is COC1[C@H](O)CC(=O)O[C@H](C)C/C=C/C=C/[C@H](O)[C@H](C)C[C@H](CC=O)[C@@H]1O[C@@H]1O[C@H](C)[C@@H](O[C@H]2C[C@@](C)(O)[C@@H](OC(C)=O)[C@H](C)O2)[C@H](N(C)C)[C@H]1O. The second kappa shape index (κ2) is 19.9. The summed E-state index contributed by atoms with van der Waals surface area (Å²) in [6, 6.07) is -0.749. The van der Waals surface area contributed by atoms with E-state index in [0.29, 0.717) is 12.7 Å². The Bertz CT molecular complexity index is 1210. The minimum absolute atomic E-state index is 0.0335. The molecule has 1 unspecified atom stereocenters. The third-order valence-corrected chi connectivity index (χ3v) is 10.1. The standard InChI is InChI=1S/C37H61NO14/c1-20-17-25(15-16-39)33(34(46-9)27(42)18-28(43)47-21(2)13-11-10-12-14-26(20)41)52-36-31(44)30(38(7)8)32(22(3)49-36)51-29-19-37(6,45)35(23(4)48-29)50-24(5)40/h10-12,14,16,20-23,25-27,29-36,41-42,44-45H,13,15,17-19H2,1-9H3/b11-10+,14-12+/t20-,21-,22-,23+,25+,26+,27-,29+,30-,31-,32-,33+,34?,35+,36+,37-/m1/s1. The van der Waals surface area contributed by atoms with Crippen molar-refractivity contribution in [3.05, 3.63) is 24.3 Å². The van der Waals surface area contributed by atoms with Gasteiger partial charge in [-0.3, -0.25) is 9.59 Å². The molecule has 52 heavy (non-hydrogen) atoms. The van der Waals surface area contributed by atoms with Gasteiger partial charge in [0, 0.05) is 33.3 Å². The number of carbonyl (C=O) groups excluding carboxylic acids is 3. The number of esters is 2. The number of likely N-dealkylation sites (N-methyl/N-ethyl adjacent to an activating group) is 1. The maximum absolute atomic E-state index is 12.9. The van der Waals surface area contributed by atoms with Crippen LogP contribution in [-0.2, 0) is 47.5 Å². The van der Waals surface area contributed by atoms with Crippen molar-refractivity contribution in [2.75, 3.05) is 21.2 Å². The summed E-state index contributed by atoms with van der Waals surface area (Å²) in [7, 11) is 4.84. The Morgan fingerprint density at radius 2 is 1.73 bits per heavy atom. The molecular weight excluding hydrogens is 682 g/mol. The Labute approximate surface area is 307 Å². The van der Waals surface area contributed by atoms with Crippen LogP contribution in [-0.4, -0.2) is 150 Å². The molecule has 0 aromatic rings. The Balaban J connectivity index is 1.93. The van der Waals surface area contributed by atoms with Gasteiger partial charge in [-0.2, -0.15) is 0 Å². The second-order valence-electron chi connectivity index (χ2n) is 14.9. The summed E-state index contributed by atoms with van der Waals surface area (Å²) in [5.74, 6) is -2.23. The average Bonchev–Trinajstić information content (AvgIpc) is 3.03. The van der Waals surface area contributed by atoms with E-state index >= 15 is 0 Å². The molecule has 2 saturated heterocycles. The zero-order chi connectivity index (χ0) is 38.9. The monoisotopic (exact) mass is 743 g/mol. The van der Waals surface area contributed by atoms with E-state index < -0.39 is 110 Å². The number of cyclic esters (lactones) is 1. The maximum Gasteiger partial charge on any atom is 0.308 e. The van der Waals surface area contributed by atoms with Crippen LogP contribution < -0.4 is 0 Å². The van der Waals surface area contributed by atoms with E-state index in [4.69, 9.17) is 33.2 Å². The lowest BCUT2D eigenvalue weighted by Gasteiger charge is -2.50. The molecule has 15 heteroatoms. The highest BCUT2D eigenvalue weighted by molar-refractivity contribution is 5.70. The van der Waals surface area contributed by atoms with Crippen LogP contribution in [0.25, 0.3) is 0 Å².